The van der Waals surface area contributed by atoms with Crippen molar-refractivity contribution in [3.05, 3.63) is 30.3 Å². The Labute approximate surface area is 110 Å². The SMILES string of the molecule is O=C(OCCOc1ccccc1)C1CC1(Cl)Cl. The maximum atomic E-state index is 11.4. The van der Waals surface area contributed by atoms with Gasteiger partial charge in [0.15, 0.2) is 0 Å². The summed E-state index contributed by atoms with van der Waals surface area (Å²) in [6.07, 6.45) is 0.467. The number of para-hydroxylation sites is 1. The van der Waals surface area contributed by atoms with E-state index in [1.807, 2.05) is 30.3 Å². The van der Waals surface area contributed by atoms with Gasteiger partial charge in [-0.3, -0.25) is 4.79 Å². The molecule has 2 rings (SSSR count). The molecule has 1 aliphatic carbocycles. The Morgan fingerprint density at radius 2 is 1.94 bits per heavy atom. The van der Waals surface area contributed by atoms with Crippen LogP contribution < -0.4 is 4.74 Å². The number of hydrogen-bond acceptors (Lipinski definition) is 3. The molecule has 1 fully saturated rings. The van der Waals surface area contributed by atoms with E-state index in [1.54, 1.807) is 0 Å². The summed E-state index contributed by atoms with van der Waals surface area (Å²) in [5, 5.41) is 0. The molecule has 1 aromatic carbocycles. The first-order valence-electron chi connectivity index (χ1n) is 5.32. The van der Waals surface area contributed by atoms with Gasteiger partial charge in [-0.15, -0.1) is 23.2 Å². The van der Waals surface area contributed by atoms with Gasteiger partial charge < -0.3 is 9.47 Å². The van der Waals surface area contributed by atoms with E-state index >= 15 is 0 Å². The third kappa shape index (κ3) is 3.51. The van der Waals surface area contributed by atoms with Crippen LogP contribution in [0.15, 0.2) is 30.3 Å². The summed E-state index contributed by atoms with van der Waals surface area (Å²) in [5.41, 5.74) is 0. The molecule has 5 heteroatoms. The van der Waals surface area contributed by atoms with Gasteiger partial charge in [0, 0.05) is 0 Å². The van der Waals surface area contributed by atoms with E-state index in [2.05, 4.69) is 0 Å². The number of hydrogen-bond donors (Lipinski definition) is 0. The number of carbonyl (C=O) groups is 1. The molecule has 0 amide bonds. The summed E-state index contributed by atoms with van der Waals surface area (Å²) in [4.78, 5) is 11.4. The molecule has 0 radical (unpaired) electrons. The van der Waals surface area contributed by atoms with Gasteiger partial charge in [0.2, 0.25) is 0 Å². The lowest BCUT2D eigenvalue weighted by molar-refractivity contribution is -0.145. The van der Waals surface area contributed by atoms with E-state index in [0.29, 0.717) is 13.0 Å². The first-order valence-corrected chi connectivity index (χ1v) is 6.07. The van der Waals surface area contributed by atoms with Crippen LogP contribution in [0.25, 0.3) is 0 Å². The molecule has 1 aromatic rings. The molecule has 92 valence electrons. The normalized spacial score (nSPS) is 20.7. The molecule has 3 nitrogen and oxygen atoms in total. The molecule has 0 spiro atoms. The second-order valence-electron chi connectivity index (χ2n) is 3.85. The molecule has 0 heterocycles. The van der Waals surface area contributed by atoms with Crippen LogP contribution in [0, 0.1) is 5.92 Å². The lowest BCUT2D eigenvalue weighted by Gasteiger charge is -2.07. The standard InChI is InChI=1S/C12H12Cl2O3/c13-12(14)8-10(12)11(15)17-7-6-16-9-4-2-1-3-5-9/h1-5,10H,6-8H2. The lowest BCUT2D eigenvalue weighted by atomic mass is 10.3. The zero-order valence-electron chi connectivity index (χ0n) is 9.07. The van der Waals surface area contributed by atoms with Crippen LogP contribution >= 0.6 is 23.2 Å². The van der Waals surface area contributed by atoms with Gasteiger partial charge in [0.1, 0.15) is 23.3 Å². The van der Waals surface area contributed by atoms with Gasteiger partial charge in [-0.05, 0) is 18.6 Å². The molecule has 0 saturated heterocycles. The third-order valence-electron chi connectivity index (χ3n) is 2.45. The van der Waals surface area contributed by atoms with Crippen molar-refractivity contribution in [2.75, 3.05) is 13.2 Å². The van der Waals surface area contributed by atoms with Crippen LogP contribution in [0.3, 0.4) is 0 Å². The van der Waals surface area contributed by atoms with E-state index < -0.39 is 4.33 Å². The smallest absolute Gasteiger partial charge is 0.312 e. The van der Waals surface area contributed by atoms with Gasteiger partial charge in [-0.25, -0.2) is 0 Å². The van der Waals surface area contributed by atoms with Crippen molar-refractivity contribution in [3.63, 3.8) is 0 Å². The Bertz CT molecular complexity index is 392. The van der Waals surface area contributed by atoms with Gasteiger partial charge in [-0.2, -0.15) is 0 Å². The average Bonchev–Trinajstić information content (AvgIpc) is 2.95. The Hall–Kier alpha value is -0.930. The molecule has 17 heavy (non-hydrogen) atoms. The first kappa shape index (κ1) is 12.5. The number of benzene rings is 1. The molecular weight excluding hydrogens is 263 g/mol. The molecule has 0 bridgehead atoms. The topological polar surface area (TPSA) is 35.5 Å². The van der Waals surface area contributed by atoms with Gasteiger partial charge in [0.25, 0.3) is 0 Å². The molecule has 0 N–H and O–H groups in total. The molecule has 1 unspecified atom stereocenters. The summed E-state index contributed by atoms with van der Waals surface area (Å²) >= 11 is 11.5. The van der Waals surface area contributed by atoms with Crippen molar-refractivity contribution in [1.82, 2.24) is 0 Å². The number of alkyl halides is 2. The van der Waals surface area contributed by atoms with Crippen molar-refractivity contribution >= 4 is 29.2 Å². The molecule has 1 aliphatic rings. The maximum Gasteiger partial charge on any atom is 0.312 e. The highest BCUT2D eigenvalue weighted by Gasteiger charge is 2.57. The molecule has 1 atom stereocenters. The van der Waals surface area contributed by atoms with Crippen LogP contribution in [0.2, 0.25) is 0 Å². The molecule has 0 aliphatic heterocycles. The number of esters is 1. The fourth-order valence-corrected chi connectivity index (χ4v) is 1.87. The van der Waals surface area contributed by atoms with Crippen molar-refractivity contribution in [3.8, 4) is 5.75 Å². The minimum atomic E-state index is -0.919. The van der Waals surface area contributed by atoms with Crippen molar-refractivity contribution < 1.29 is 14.3 Å². The lowest BCUT2D eigenvalue weighted by Crippen LogP contribution is -2.15. The Morgan fingerprint density at radius 3 is 2.53 bits per heavy atom. The number of ether oxygens (including phenoxy) is 2. The highest BCUT2D eigenvalue weighted by atomic mass is 35.5. The quantitative estimate of drug-likeness (QED) is 0.471. The predicted molar refractivity (Wildman–Crippen MR) is 65.4 cm³/mol. The minimum Gasteiger partial charge on any atom is -0.490 e. The largest absolute Gasteiger partial charge is 0.490 e. The summed E-state index contributed by atoms with van der Waals surface area (Å²) in [5.74, 6) is 0.00762. The summed E-state index contributed by atoms with van der Waals surface area (Å²) < 4.78 is 9.44. The van der Waals surface area contributed by atoms with Gasteiger partial charge in [-0.1, -0.05) is 18.2 Å². The predicted octanol–water partition coefficient (Wildman–Crippen LogP) is 2.80. The van der Waals surface area contributed by atoms with E-state index in [4.69, 9.17) is 32.7 Å². The highest BCUT2D eigenvalue weighted by Crippen LogP contribution is 2.53. The third-order valence-corrected chi connectivity index (χ3v) is 3.29. The number of halogens is 2. The molecule has 0 aromatic heterocycles. The van der Waals surface area contributed by atoms with Crippen LogP contribution in [0.5, 0.6) is 5.75 Å². The van der Waals surface area contributed by atoms with Crippen molar-refractivity contribution in [1.29, 1.82) is 0 Å². The zero-order chi connectivity index (χ0) is 12.3. The monoisotopic (exact) mass is 274 g/mol. The van der Waals surface area contributed by atoms with Crippen molar-refractivity contribution in [2.24, 2.45) is 5.92 Å². The van der Waals surface area contributed by atoms with E-state index in [-0.39, 0.29) is 18.5 Å². The zero-order valence-corrected chi connectivity index (χ0v) is 10.6. The first-order chi connectivity index (χ1) is 8.09. The molecular formula is C12H12Cl2O3. The second kappa shape index (κ2) is 5.15. The van der Waals surface area contributed by atoms with Crippen molar-refractivity contribution in [2.45, 2.75) is 10.8 Å². The Balaban J connectivity index is 1.63. The minimum absolute atomic E-state index is 0.202. The van der Waals surface area contributed by atoms with Crippen LogP contribution in [-0.4, -0.2) is 23.5 Å². The fraction of sp³-hybridized carbons (Fsp3) is 0.417. The van der Waals surface area contributed by atoms with Crippen LogP contribution in [0.1, 0.15) is 6.42 Å². The van der Waals surface area contributed by atoms with Gasteiger partial charge >= 0.3 is 5.97 Å². The summed E-state index contributed by atoms with van der Waals surface area (Å²) in [6.45, 7) is 0.522. The van der Waals surface area contributed by atoms with Crippen LogP contribution in [-0.2, 0) is 9.53 Å². The maximum absolute atomic E-state index is 11.4. The second-order valence-corrected chi connectivity index (χ2v) is 5.39. The Kier molecular flexibility index (Phi) is 3.79. The Morgan fingerprint density at radius 1 is 1.29 bits per heavy atom. The average molecular weight is 275 g/mol. The van der Waals surface area contributed by atoms with Gasteiger partial charge in [0.05, 0.1) is 5.92 Å². The van der Waals surface area contributed by atoms with E-state index in [9.17, 15) is 4.79 Å². The number of carbonyl (C=O) groups excluding carboxylic acids is 1. The summed E-state index contributed by atoms with van der Waals surface area (Å²) in [6, 6.07) is 9.33. The van der Waals surface area contributed by atoms with Crippen LogP contribution in [0.4, 0.5) is 0 Å². The number of rotatable bonds is 5. The molecule has 1 saturated carbocycles. The summed E-state index contributed by atoms with van der Waals surface area (Å²) in [7, 11) is 0. The highest BCUT2D eigenvalue weighted by molar-refractivity contribution is 6.52. The van der Waals surface area contributed by atoms with E-state index in [0.717, 1.165) is 5.75 Å². The van der Waals surface area contributed by atoms with E-state index in [1.165, 1.54) is 0 Å². The fourth-order valence-electron chi connectivity index (χ4n) is 1.39.